The van der Waals surface area contributed by atoms with Gasteiger partial charge in [0.15, 0.2) is 0 Å². The third kappa shape index (κ3) is 4.96. The summed E-state index contributed by atoms with van der Waals surface area (Å²) in [6.07, 6.45) is 0.966. The zero-order valence-electron chi connectivity index (χ0n) is 13.2. The summed E-state index contributed by atoms with van der Waals surface area (Å²) in [6.45, 7) is 4.65. The molecular formula is C19H22ClNO2. The predicted molar refractivity (Wildman–Crippen MR) is 93.1 cm³/mol. The highest BCUT2D eigenvalue weighted by atomic mass is 35.5. The van der Waals surface area contributed by atoms with Crippen LogP contribution in [0.25, 0.3) is 0 Å². The van der Waals surface area contributed by atoms with Crippen LogP contribution >= 0.6 is 11.6 Å². The molecule has 2 aromatic rings. The zero-order chi connectivity index (χ0) is 15.9. The summed E-state index contributed by atoms with van der Waals surface area (Å²) in [4.78, 5) is 2.43. The van der Waals surface area contributed by atoms with Gasteiger partial charge in [-0.05, 0) is 23.8 Å². The molecule has 0 aliphatic carbocycles. The summed E-state index contributed by atoms with van der Waals surface area (Å²) in [6, 6.07) is 18.0. The first-order valence-corrected chi connectivity index (χ1v) is 8.46. The van der Waals surface area contributed by atoms with Gasteiger partial charge >= 0.3 is 0 Å². The number of hydrogen-bond donors (Lipinski definition) is 0. The standard InChI is InChI=1S/C19H22ClNO2/c20-17-7-4-8-18(15-17)23-19(16-5-2-1-3-6-16)9-10-21-11-13-22-14-12-21/h1-8,15,19H,9-14H2. The van der Waals surface area contributed by atoms with Crippen molar-refractivity contribution < 1.29 is 9.47 Å². The lowest BCUT2D eigenvalue weighted by Gasteiger charge is -2.28. The van der Waals surface area contributed by atoms with E-state index in [0.717, 1.165) is 45.0 Å². The molecule has 1 aliphatic rings. The van der Waals surface area contributed by atoms with Crippen molar-refractivity contribution in [2.24, 2.45) is 0 Å². The minimum atomic E-state index is 0.0255. The Morgan fingerprint density at radius 2 is 1.83 bits per heavy atom. The Kier molecular flexibility index (Phi) is 5.92. The van der Waals surface area contributed by atoms with Crippen molar-refractivity contribution in [3.05, 3.63) is 65.2 Å². The average molecular weight is 332 g/mol. The Morgan fingerprint density at radius 1 is 1.04 bits per heavy atom. The quantitative estimate of drug-likeness (QED) is 0.792. The van der Waals surface area contributed by atoms with Gasteiger partial charge in [0.25, 0.3) is 0 Å². The highest BCUT2D eigenvalue weighted by Gasteiger charge is 2.17. The van der Waals surface area contributed by atoms with Gasteiger partial charge in [0, 0.05) is 31.1 Å². The molecule has 4 heteroatoms. The van der Waals surface area contributed by atoms with Crippen LogP contribution in [0.3, 0.4) is 0 Å². The molecule has 0 radical (unpaired) electrons. The third-order valence-corrected chi connectivity index (χ3v) is 4.29. The fourth-order valence-electron chi connectivity index (χ4n) is 2.79. The monoisotopic (exact) mass is 331 g/mol. The molecule has 0 aromatic heterocycles. The van der Waals surface area contributed by atoms with E-state index in [9.17, 15) is 0 Å². The van der Waals surface area contributed by atoms with Crippen LogP contribution in [0.2, 0.25) is 5.02 Å². The lowest BCUT2D eigenvalue weighted by Crippen LogP contribution is -2.37. The predicted octanol–water partition coefficient (Wildman–Crippen LogP) is 4.18. The maximum absolute atomic E-state index is 6.23. The first-order valence-electron chi connectivity index (χ1n) is 8.08. The zero-order valence-corrected chi connectivity index (χ0v) is 13.9. The molecule has 1 atom stereocenters. The molecule has 2 aromatic carbocycles. The molecule has 0 amide bonds. The lowest BCUT2D eigenvalue weighted by atomic mass is 10.1. The second-order valence-corrected chi connectivity index (χ2v) is 6.15. The van der Waals surface area contributed by atoms with Gasteiger partial charge in [0.1, 0.15) is 11.9 Å². The van der Waals surface area contributed by atoms with Gasteiger partial charge < -0.3 is 9.47 Å². The van der Waals surface area contributed by atoms with E-state index in [1.165, 1.54) is 5.56 Å². The first kappa shape index (κ1) is 16.3. The molecule has 1 fully saturated rings. The Morgan fingerprint density at radius 3 is 2.57 bits per heavy atom. The van der Waals surface area contributed by atoms with Gasteiger partial charge in [0.05, 0.1) is 13.2 Å². The molecule has 122 valence electrons. The van der Waals surface area contributed by atoms with Crippen molar-refractivity contribution in [3.8, 4) is 5.75 Å². The summed E-state index contributed by atoms with van der Waals surface area (Å²) >= 11 is 6.07. The van der Waals surface area contributed by atoms with Gasteiger partial charge in [-0.15, -0.1) is 0 Å². The highest BCUT2D eigenvalue weighted by molar-refractivity contribution is 6.30. The Labute approximate surface area is 142 Å². The molecule has 3 rings (SSSR count). The van der Waals surface area contributed by atoms with Crippen molar-refractivity contribution >= 4 is 11.6 Å². The second-order valence-electron chi connectivity index (χ2n) is 5.72. The largest absolute Gasteiger partial charge is 0.486 e. The van der Waals surface area contributed by atoms with Crippen molar-refractivity contribution in [2.75, 3.05) is 32.8 Å². The van der Waals surface area contributed by atoms with Crippen molar-refractivity contribution in [3.63, 3.8) is 0 Å². The summed E-state index contributed by atoms with van der Waals surface area (Å²) in [5.74, 6) is 0.813. The van der Waals surface area contributed by atoms with Gasteiger partial charge in [-0.2, -0.15) is 0 Å². The van der Waals surface area contributed by atoms with Crippen LogP contribution in [0.1, 0.15) is 18.1 Å². The van der Waals surface area contributed by atoms with Crippen LogP contribution < -0.4 is 4.74 Å². The van der Waals surface area contributed by atoms with Gasteiger partial charge in [-0.25, -0.2) is 0 Å². The fourth-order valence-corrected chi connectivity index (χ4v) is 2.97. The number of hydrogen-bond acceptors (Lipinski definition) is 3. The van der Waals surface area contributed by atoms with E-state index in [1.54, 1.807) is 0 Å². The van der Waals surface area contributed by atoms with Crippen molar-refractivity contribution in [2.45, 2.75) is 12.5 Å². The Bertz CT molecular complexity index is 599. The molecule has 1 saturated heterocycles. The number of ether oxygens (including phenoxy) is 2. The molecule has 1 aliphatic heterocycles. The fraction of sp³-hybridized carbons (Fsp3) is 0.368. The second kappa shape index (κ2) is 8.34. The van der Waals surface area contributed by atoms with Crippen LogP contribution in [0.4, 0.5) is 0 Å². The van der Waals surface area contributed by atoms with E-state index in [2.05, 4.69) is 29.2 Å². The summed E-state index contributed by atoms with van der Waals surface area (Å²) in [5, 5.41) is 0.697. The number of halogens is 1. The number of morpholine rings is 1. The van der Waals surface area contributed by atoms with E-state index in [4.69, 9.17) is 21.1 Å². The molecule has 0 saturated carbocycles. The molecule has 1 unspecified atom stereocenters. The molecular weight excluding hydrogens is 310 g/mol. The number of rotatable bonds is 6. The molecule has 0 spiro atoms. The first-order chi connectivity index (χ1) is 11.3. The SMILES string of the molecule is Clc1cccc(OC(CCN2CCOCC2)c2ccccc2)c1. The van der Waals surface area contributed by atoms with E-state index >= 15 is 0 Å². The molecule has 23 heavy (non-hydrogen) atoms. The van der Waals surface area contributed by atoms with Gasteiger partial charge in [-0.3, -0.25) is 4.90 Å². The van der Waals surface area contributed by atoms with Gasteiger partial charge in [0.2, 0.25) is 0 Å². The average Bonchev–Trinajstić information content (AvgIpc) is 2.60. The lowest BCUT2D eigenvalue weighted by molar-refractivity contribution is 0.0317. The third-order valence-electron chi connectivity index (χ3n) is 4.06. The molecule has 0 N–H and O–H groups in total. The molecule has 1 heterocycles. The molecule has 3 nitrogen and oxygen atoms in total. The van der Waals surface area contributed by atoms with Crippen LogP contribution in [-0.2, 0) is 4.74 Å². The topological polar surface area (TPSA) is 21.7 Å². The minimum Gasteiger partial charge on any atom is -0.486 e. The normalized spacial score (nSPS) is 16.9. The summed E-state index contributed by atoms with van der Waals surface area (Å²) < 4.78 is 11.6. The smallest absolute Gasteiger partial charge is 0.125 e. The summed E-state index contributed by atoms with van der Waals surface area (Å²) in [7, 11) is 0. The maximum Gasteiger partial charge on any atom is 0.125 e. The van der Waals surface area contributed by atoms with E-state index in [1.807, 2.05) is 30.3 Å². The Hall–Kier alpha value is -1.55. The summed E-state index contributed by atoms with van der Waals surface area (Å²) in [5.41, 5.74) is 1.20. The Balaban J connectivity index is 1.68. The minimum absolute atomic E-state index is 0.0255. The van der Waals surface area contributed by atoms with E-state index in [-0.39, 0.29) is 6.10 Å². The van der Waals surface area contributed by atoms with Crippen molar-refractivity contribution in [1.82, 2.24) is 4.90 Å². The number of nitrogens with zero attached hydrogens (tertiary/aromatic N) is 1. The number of benzene rings is 2. The van der Waals surface area contributed by atoms with Gasteiger partial charge in [-0.1, -0.05) is 48.0 Å². The molecule has 0 bridgehead atoms. The van der Waals surface area contributed by atoms with E-state index < -0.39 is 0 Å². The highest BCUT2D eigenvalue weighted by Crippen LogP contribution is 2.27. The van der Waals surface area contributed by atoms with Crippen LogP contribution in [0, 0.1) is 0 Å². The van der Waals surface area contributed by atoms with Crippen LogP contribution in [-0.4, -0.2) is 37.7 Å². The maximum atomic E-state index is 6.23. The van der Waals surface area contributed by atoms with Crippen LogP contribution in [0.15, 0.2) is 54.6 Å². The van der Waals surface area contributed by atoms with E-state index in [0.29, 0.717) is 5.02 Å². The van der Waals surface area contributed by atoms with Crippen LogP contribution in [0.5, 0.6) is 5.75 Å². The van der Waals surface area contributed by atoms with Crippen molar-refractivity contribution in [1.29, 1.82) is 0 Å².